The minimum Gasteiger partial charge on any atom is -0.448 e. The molecule has 1 amide bonds. The van der Waals surface area contributed by atoms with Crippen molar-refractivity contribution in [1.29, 1.82) is 0 Å². The zero-order valence-corrected chi connectivity index (χ0v) is 11.3. The van der Waals surface area contributed by atoms with Crippen LogP contribution < -0.4 is 0 Å². The Morgan fingerprint density at radius 1 is 1.59 bits per heavy atom. The fraction of sp³-hybridized carbons (Fsp3) is 0.545. The maximum Gasteiger partial charge on any atom is 0.409 e. The van der Waals surface area contributed by atoms with E-state index in [1.54, 1.807) is 16.2 Å². The van der Waals surface area contributed by atoms with E-state index in [9.17, 15) is 4.79 Å². The second-order valence-corrected chi connectivity index (χ2v) is 5.84. The molecule has 1 aromatic heterocycles. The Morgan fingerprint density at radius 2 is 2.41 bits per heavy atom. The maximum absolute atomic E-state index is 11.2. The smallest absolute Gasteiger partial charge is 0.409 e. The lowest BCUT2D eigenvalue weighted by atomic mass is 10.4. The standard InChI is InChI=1S/C11H15ClN2O2S/c1-13(8-9-2-3-10(12)17-9)4-5-14-6-7-16-11(14)15/h2-3H,4-8H2,1H3. The highest BCUT2D eigenvalue weighted by Crippen LogP contribution is 2.22. The van der Waals surface area contributed by atoms with Gasteiger partial charge in [-0.25, -0.2) is 4.79 Å². The number of hydrogen-bond donors (Lipinski definition) is 0. The number of ether oxygens (including phenoxy) is 1. The van der Waals surface area contributed by atoms with Crippen molar-refractivity contribution < 1.29 is 9.53 Å². The van der Waals surface area contributed by atoms with Crippen molar-refractivity contribution in [2.24, 2.45) is 0 Å². The predicted molar refractivity (Wildman–Crippen MR) is 68.6 cm³/mol. The molecule has 0 unspecified atom stereocenters. The van der Waals surface area contributed by atoms with Gasteiger partial charge < -0.3 is 9.64 Å². The number of nitrogens with zero attached hydrogens (tertiary/aromatic N) is 2. The van der Waals surface area contributed by atoms with Gasteiger partial charge in [-0.15, -0.1) is 11.3 Å². The van der Waals surface area contributed by atoms with Gasteiger partial charge in [0.1, 0.15) is 6.61 Å². The van der Waals surface area contributed by atoms with Crippen molar-refractivity contribution in [3.8, 4) is 0 Å². The number of carbonyl (C=O) groups excluding carboxylic acids is 1. The number of likely N-dealkylation sites (N-methyl/N-ethyl adjacent to an activating group) is 1. The molecule has 1 aliphatic rings. The van der Waals surface area contributed by atoms with Gasteiger partial charge in [0, 0.05) is 24.5 Å². The average molecular weight is 275 g/mol. The normalized spacial score (nSPS) is 15.7. The fourth-order valence-electron chi connectivity index (χ4n) is 1.70. The molecule has 1 fully saturated rings. The van der Waals surface area contributed by atoms with Crippen LogP contribution in [0, 0.1) is 0 Å². The Morgan fingerprint density at radius 3 is 3.00 bits per heavy atom. The Hall–Kier alpha value is -0.780. The summed E-state index contributed by atoms with van der Waals surface area (Å²) in [6.07, 6.45) is -0.197. The highest BCUT2D eigenvalue weighted by atomic mass is 35.5. The molecule has 1 aliphatic heterocycles. The van der Waals surface area contributed by atoms with Crippen LogP contribution in [0.2, 0.25) is 4.34 Å². The van der Waals surface area contributed by atoms with Gasteiger partial charge in [-0.05, 0) is 19.2 Å². The van der Waals surface area contributed by atoms with Crippen molar-refractivity contribution in [1.82, 2.24) is 9.80 Å². The van der Waals surface area contributed by atoms with Crippen LogP contribution in [-0.2, 0) is 11.3 Å². The second kappa shape index (κ2) is 5.71. The van der Waals surface area contributed by atoms with Gasteiger partial charge in [-0.1, -0.05) is 11.6 Å². The minimum absolute atomic E-state index is 0.197. The summed E-state index contributed by atoms with van der Waals surface area (Å²) in [6, 6.07) is 3.95. The van der Waals surface area contributed by atoms with Gasteiger partial charge in [0.05, 0.1) is 10.9 Å². The molecule has 2 heterocycles. The Bertz CT molecular complexity index is 397. The monoisotopic (exact) mass is 274 g/mol. The third-order valence-corrected chi connectivity index (χ3v) is 3.87. The molecule has 2 rings (SSSR count). The summed E-state index contributed by atoms with van der Waals surface area (Å²) in [6.45, 7) is 3.64. The maximum atomic E-state index is 11.2. The van der Waals surface area contributed by atoms with Crippen LogP contribution in [0.1, 0.15) is 4.88 Å². The summed E-state index contributed by atoms with van der Waals surface area (Å²) in [4.78, 5) is 16.4. The van der Waals surface area contributed by atoms with E-state index >= 15 is 0 Å². The molecular weight excluding hydrogens is 260 g/mol. The van der Waals surface area contributed by atoms with Crippen LogP contribution in [-0.4, -0.2) is 49.2 Å². The summed E-state index contributed by atoms with van der Waals surface area (Å²) in [5, 5.41) is 0. The fourth-order valence-corrected chi connectivity index (χ4v) is 2.87. The molecule has 0 saturated carbocycles. The van der Waals surface area contributed by atoms with Gasteiger partial charge >= 0.3 is 6.09 Å². The molecule has 0 aliphatic carbocycles. The highest BCUT2D eigenvalue weighted by Gasteiger charge is 2.21. The van der Waals surface area contributed by atoms with E-state index in [0.717, 1.165) is 17.4 Å². The molecule has 0 radical (unpaired) electrons. The Balaban J connectivity index is 1.74. The number of amides is 1. The first-order chi connectivity index (χ1) is 8.15. The third kappa shape index (κ3) is 3.59. The van der Waals surface area contributed by atoms with Crippen LogP contribution in [0.5, 0.6) is 0 Å². The number of rotatable bonds is 5. The van der Waals surface area contributed by atoms with Gasteiger partial charge in [-0.2, -0.15) is 0 Å². The summed E-state index contributed by atoms with van der Waals surface area (Å²) in [7, 11) is 2.04. The molecule has 1 aromatic rings. The molecule has 0 bridgehead atoms. The highest BCUT2D eigenvalue weighted by molar-refractivity contribution is 7.16. The van der Waals surface area contributed by atoms with E-state index in [1.165, 1.54) is 4.88 Å². The second-order valence-electron chi connectivity index (χ2n) is 4.05. The summed E-state index contributed by atoms with van der Waals surface area (Å²) >= 11 is 7.47. The first-order valence-electron chi connectivity index (χ1n) is 5.49. The molecule has 1 saturated heterocycles. The molecule has 0 spiro atoms. The van der Waals surface area contributed by atoms with Gasteiger partial charge in [0.25, 0.3) is 0 Å². The van der Waals surface area contributed by atoms with Crippen molar-refractivity contribution >= 4 is 29.0 Å². The number of carbonyl (C=O) groups is 1. The van der Waals surface area contributed by atoms with Crippen LogP contribution in [0.25, 0.3) is 0 Å². The lowest BCUT2D eigenvalue weighted by molar-refractivity contribution is 0.155. The predicted octanol–water partition coefficient (Wildman–Crippen LogP) is 2.29. The lowest BCUT2D eigenvalue weighted by Crippen LogP contribution is -2.33. The molecule has 0 aromatic carbocycles. The van der Waals surface area contributed by atoms with Crippen LogP contribution >= 0.6 is 22.9 Å². The van der Waals surface area contributed by atoms with Crippen LogP contribution in [0.3, 0.4) is 0 Å². The van der Waals surface area contributed by atoms with E-state index in [0.29, 0.717) is 19.7 Å². The van der Waals surface area contributed by atoms with E-state index < -0.39 is 0 Å². The molecule has 0 N–H and O–H groups in total. The van der Waals surface area contributed by atoms with E-state index in [4.69, 9.17) is 16.3 Å². The van der Waals surface area contributed by atoms with Crippen molar-refractivity contribution in [3.63, 3.8) is 0 Å². The van der Waals surface area contributed by atoms with Crippen molar-refractivity contribution in [2.45, 2.75) is 6.54 Å². The summed E-state index contributed by atoms with van der Waals surface area (Å²) < 4.78 is 5.69. The van der Waals surface area contributed by atoms with E-state index in [2.05, 4.69) is 4.90 Å². The zero-order chi connectivity index (χ0) is 12.3. The van der Waals surface area contributed by atoms with Gasteiger partial charge in [0.2, 0.25) is 0 Å². The van der Waals surface area contributed by atoms with E-state index in [-0.39, 0.29) is 6.09 Å². The number of hydrogen-bond acceptors (Lipinski definition) is 4. The SMILES string of the molecule is CN(CCN1CCOC1=O)Cc1ccc(Cl)s1. The van der Waals surface area contributed by atoms with Crippen molar-refractivity contribution in [3.05, 3.63) is 21.3 Å². The average Bonchev–Trinajstić information content (AvgIpc) is 2.85. The molecule has 6 heteroatoms. The first-order valence-corrected chi connectivity index (χ1v) is 6.69. The van der Waals surface area contributed by atoms with Crippen LogP contribution in [0.4, 0.5) is 4.79 Å². The number of cyclic esters (lactones) is 1. The quantitative estimate of drug-likeness (QED) is 0.826. The topological polar surface area (TPSA) is 32.8 Å². The summed E-state index contributed by atoms with van der Waals surface area (Å²) in [5.74, 6) is 0. The Kier molecular flexibility index (Phi) is 4.25. The van der Waals surface area contributed by atoms with Gasteiger partial charge in [-0.3, -0.25) is 4.90 Å². The summed E-state index contributed by atoms with van der Waals surface area (Å²) in [5.41, 5.74) is 0. The molecule has 0 atom stereocenters. The lowest BCUT2D eigenvalue weighted by Gasteiger charge is -2.19. The first kappa shape index (κ1) is 12.7. The molecule has 4 nitrogen and oxygen atoms in total. The zero-order valence-electron chi connectivity index (χ0n) is 9.69. The molecular formula is C11H15ClN2O2S. The number of thiophene rings is 1. The largest absolute Gasteiger partial charge is 0.448 e. The molecule has 17 heavy (non-hydrogen) atoms. The van der Waals surface area contributed by atoms with E-state index in [1.807, 2.05) is 19.2 Å². The Labute approximate surface area is 110 Å². The minimum atomic E-state index is -0.197. The number of halogens is 1. The van der Waals surface area contributed by atoms with Gasteiger partial charge in [0.15, 0.2) is 0 Å². The molecule has 94 valence electrons. The van der Waals surface area contributed by atoms with Crippen molar-refractivity contribution in [2.75, 3.05) is 33.3 Å². The third-order valence-electron chi connectivity index (χ3n) is 2.65. The van der Waals surface area contributed by atoms with Crippen LogP contribution in [0.15, 0.2) is 12.1 Å².